The molecule has 0 fully saturated rings. The first kappa shape index (κ1) is 18.6. The minimum Gasteiger partial charge on any atom is -0.494 e. The average Bonchev–Trinajstić information content (AvgIpc) is 2.54. The minimum atomic E-state index is -0.217. The maximum Gasteiger partial charge on any atom is 0.410 e. The fourth-order valence-electron chi connectivity index (χ4n) is 3.27. The van der Waals surface area contributed by atoms with Gasteiger partial charge >= 0.3 is 6.09 Å². The normalized spacial score (nSPS) is 16.9. The van der Waals surface area contributed by atoms with Gasteiger partial charge in [0.05, 0.1) is 13.2 Å². The molecule has 24 heavy (non-hydrogen) atoms. The number of hydrogen-bond donors (Lipinski definition) is 0. The van der Waals surface area contributed by atoms with E-state index in [4.69, 9.17) is 9.47 Å². The Bertz CT molecular complexity index is 572. The van der Waals surface area contributed by atoms with Crippen LogP contribution in [0.3, 0.4) is 0 Å². The first-order valence-electron chi connectivity index (χ1n) is 8.85. The number of hydrogen-bond acceptors (Lipinski definition) is 4. The molecular formula is C19H30N2O3. The first-order valence-corrected chi connectivity index (χ1v) is 8.85. The van der Waals surface area contributed by atoms with E-state index in [-0.39, 0.29) is 12.1 Å². The minimum absolute atomic E-state index is 0.196. The standard InChI is InChI=1S/C19H30N2O3/c1-6-17-10-14-9-16(12-20(4)5)18(23-7-2)11-15(14)13-21(17)19(22)24-8-3/h9,11,17H,6-8,10,12-13H2,1-5H3. The van der Waals surface area contributed by atoms with Gasteiger partial charge in [0, 0.05) is 24.7 Å². The van der Waals surface area contributed by atoms with E-state index in [1.54, 1.807) is 0 Å². The highest BCUT2D eigenvalue weighted by atomic mass is 16.6. The van der Waals surface area contributed by atoms with Gasteiger partial charge in [-0.3, -0.25) is 0 Å². The molecule has 0 radical (unpaired) electrons. The molecule has 1 aliphatic rings. The molecule has 0 aliphatic carbocycles. The molecule has 1 unspecified atom stereocenters. The van der Waals surface area contributed by atoms with E-state index >= 15 is 0 Å². The van der Waals surface area contributed by atoms with Crippen molar-refractivity contribution in [2.24, 2.45) is 0 Å². The van der Waals surface area contributed by atoms with Gasteiger partial charge in [-0.15, -0.1) is 0 Å². The van der Waals surface area contributed by atoms with Crippen LogP contribution >= 0.6 is 0 Å². The van der Waals surface area contributed by atoms with Crippen LogP contribution < -0.4 is 4.74 Å². The van der Waals surface area contributed by atoms with Gasteiger partial charge in [0.2, 0.25) is 0 Å². The molecule has 1 heterocycles. The van der Waals surface area contributed by atoms with Crippen molar-refractivity contribution >= 4 is 6.09 Å². The van der Waals surface area contributed by atoms with E-state index < -0.39 is 0 Å². The Morgan fingerprint density at radius 3 is 2.54 bits per heavy atom. The summed E-state index contributed by atoms with van der Waals surface area (Å²) in [6.45, 7) is 8.45. The lowest BCUT2D eigenvalue weighted by atomic mass is 9.91. The summed E-state index contributed by atoms with van der Waals surface area (Å²) in [5.41, 5.74) is 3.70. The molecule has 2 rings (SSSR count). The number of fused-ring (bicyclic) bond motifs is 1. The van der Waals surface area contributed by atoms with Gasteiger partial charge in [-0.05, 0) is 58.0 Å². The van der Waals surface area contributed by atoms with Gasteiger partial charge in [-0.25, -0.2) is 4.79 Å². The van der Waals surface area contributed by atoms with Crippen LogP contribution in [-0.2, 0) is 24.2 Å². The molecule has 0 spiro atoms. The number of carbonyl (C=O) groups excluding carboxylic acids is 1. The average molecular weight is 334 g/mol. The molecule has 1 aromatic carbocycles. The summed E-state index contributed by atoms with van der Waals surface area (Å²) in [6.07, 6.45) is 1.58. The number of carbonyl (C=O) groups is 1. The summed E-state index contributed by atoms with van der Waals surface area (Å²) in [6, 6.07) is 4.56. The second kappa shape index (κ2) is 8.38. The Morgan fingerprint density at radius 2 is 1.96 bits per heavy atom. The van der Waals surface area contributed by atoms with Crippen molar-refractivity contribution in [3.8, 4) is 5.75 Å². The van der Waals surface area contributed by atoms with Crippen LogP contribution in [0.4, 0.5) is 4.79 Å². The second-order valence-electron chi connectivity index (χ2n) is 6.49. The zero-order valence-electron chi connectivity index (χ0n) is 15.6. The highest BCUT2D eigenvalue weighted by Gasteiger charge is 2.30. The van der Waals surface area contributed by atoms with Crippen LogP contribution in [0.25, 0.3) is 0 Å². The van der Waals surface area contributed by atoms with Crippen molar-refractivity contribution in [1.29, 1.82) is 0 Å². The van der Waals surface area contributed by atoms with Crippen molar-refractivity contribution in [1.82, 2.24) is 9.80 Å². The molecule has 134 valence electrons. The molecule has 0 saturated heterocycles. The van der Waals surface area contributed by atoms with E-state index in [9.17, 15) is 4.79 Å². The number of benzene rings is 1. The van der Waals surface area contributed by atoms with Gasteiger partial charge in [0.1, 0.15) is 5.75 Å². The Balaban J connectivity index is 2.34. The monoisotopic (exact) mass is 334 g/mol. The predicted molar refractivity (Wildman–Crippen MR) is 95.4 cm³/mol. The third-order valence-corrected chi connectivity index (χ3v) is 4.38. The van der Waals surface area contributed by atoms with Crippen LogP contribution in [0.1, 0.15) is 43.9 Å². The van der Waals surface area contributed by atoms with Gasteiger partial charge in [0.15, 0.2) is 0 Å². The molecule has 0 N–H and O–H groups in total. The van der Waals surface area contributed by atoms with Crippen LogP contribution in [-0.4, -0.2) is 49.2 Å². The molecule has 1 atom stereocenters. The van der Waals surface area contributed by atoms with Crippen LogP contribution in [0.2, 0.25) is 0 Å². The summed E-state index contributed by atoms with van der Waals surface area (Å²) < 4.78 is 11.1. The highest BCUT2D eigenvalue weighted by Crippen LogP contribution is 2.32. The predicted octanol–water partition coefficient (Wildman–Crippen LogP) is 3.44. The van der Waals surface area contributed by atoms with Crippen molar-refractivity contribution in [2.75, 3.05) is 27.3 Å². The van der Waals surface area contributed by atoms with Gasteiger partial charge in [-0.2, -0.15) is 0 Å². The molecule has 0 bridgehead atoms. The van der Waals surface area contributed by atoms with E-state index in [1.165, 1.54) is 16.7 Å². The Labute approximate surface area is 145 Å². The van der Waals surface area contributed by atoms with Crippen LogP contribution in [0.5, 0.6) is 5.75 Å². The fourth-order valence-corrected chi connectivity index (χ4v) is 3.27. The third-order valence-electron chi connectivity index (χ3n) is 4.38. The molecule has 0 saturated carbocycles. The molecular weight excluding hydrogens is 304 g/mol. The maximum atomic E-state index is 12.3. The van der Waals surface area contributed by atoms with E-state index in [2.05, 4.69) is 38.1 Å². The molecule has 5 heteroatoms. The van der Waals surface area contributed by atoms with Gasteiger partial charge in [0.25, 0.3) is 0 Å². The maximum absolute atomic E-state index is 12.3. The zero-order chi connectivity index (χ0) is 17.7. The number of nitrogens with zero attached hydrogens (tertiary/aromatic N) is 2. The lowest BCUT2D eigenvalue weighted by Crippen LogP contribution is -2.44. The van der Waals surface area contributed by atoms with Crippen molar-refractivity contribution in [2.45, 2.75) is 52.7 Å². The summed E-state index contributed by atoms with van der Waals surface area (Å²) in [4.78, 5) is 16.3. The summed E-state index contributed by atoms with van der Waals surface area (Å²) >= 11 is 0. The first-order chi connectivity index (χ1) is 11.5. The Kier molecular flexibility index (Phi) is 6.49. The van der Waals surface area contributed by atoms with Crippen LogP contribution in [0.15, 0.2) is 12.1 Å². The lowest BCUT2D eigenvalue weighted by Gasteiger charge is -2.36. The molecule has 0 aromatic heterocycles. The molecule has 1 aromatic rings. The summed E-state index contributed by atoms with van der Waals surface area (Å²) in [7, 11) is 4.12. The summed E-state index contributed by atoms with van der Waals surface area (Å²) in [5.74, 6) is 0.920. The van der Waals surface area contributed by atoms with Gasteiger partial charge < -0.3 is 19.3 Å². The van der Waals surface area contributed by atoms with Crippen molar-refractivity contribution in [3.63, 3.8) is 0 Å². The van der Waals surface area contributed by atoms with E-state index in [0.29, 0.717) is 19.8 Å². The smallest absolute Gasteiger partial charge is 0.410 e. The number of ether oxygens (including phenoxy) is 2. The highest BCUT2D eigenvalue weighted by molar-refractivity contribution is 5.69. The Morgan fingerprint density at radius 1 is 1.21 bits per heavy atom. The molecule has 1 amide bonds. The van der Waals surface area contributed by atoms with Crippen molar-refractivity contribution < 1.29 is 14.3 Å². The molecule has 5 nitrogen and oxygen atoms in total. The Hall–Kier alpha value is -1.75. The van der Waals surface area contributed by atoms with Crippen molar-refractivity contribution in [3.05, 3.63) is 28.8 Å². The summed E-state index contributed by atoms with van der Waals surface area (Å²) in [5, 5.41) is 0. The third kappa shape index (κ3) is 4.20. The van der Waals surface area contributed by atoms with Gasteiger partial charge in [-0.1, -0.05) is 13.0 Å². The quantitative estimate of drug-likeness (QED) is 0.799. The largest absolute Gasteiger partial charge is 0.494 e. The van der Waals surface area contributed by atoms with E-state index in [1.807, 2.05) is 18.7 Å². The fraction of sp³-hybridized carbons (Fsp3) is 0.632. The van der Waals surface area contributed by atoms with Crippen LogP contribution in [0, 0.1) is 0 Å². The zero-order valence-corrected chi connectivity index (χ0v) is 15.6. The lowest BCUT2D eigenvalue weighted by molar-refractivity contribution is 0.0813. The second-order valence-corrected chi connectivity index (χ2v) is 6.49. The SMILES string of the molecule is CCOC(=O)N1Cc2cc(OCC)c(CN(C)C)cc2CC1CC. The number of rotatable bonds is 6. The molecule has 1 aliphatic heterocycles. The van der Waals surface area contributed by atoms with E-state index in [0.717, 1.165) is 25.1 Å². The topological polar surface area (TPSA) is 42.0 Å². The number of amides is 1.